The highest BCUT2D eigenvalue weighted by molar-refractivity contribution is 5.94. The van der Waals surface area contributed by atoms with Crippen LogP contribution in [0.25, 0.3) is 5.69 Å². The number of fused-ring (bicyclic) bond motifs is 1. The maximum absolute atomic E-state index is 14.2. The standard InChI is InChI=1S/C20H17F2N3O2/c1-2-27-18-6-4-3-5-13(18)14-10-19(26)24-20-15(14)11-23-25(20)17-8-7-12(21)9-16(17)22/h3-9,11,14H,2,10H2,1H3,(H,24,26). The molecule has 0 radical (unpaired) electrons. The lowest BCUT2D eigenvalue weighted by molar-refractivity contribution is -0.116. The number of amides is 1. The van der Waals surface area contributed by atoms with Crippen LogP contribution < -0.4 is 10.1 Å². The van der Waals surface area contributed by atoms with Crippen LogP contribution in [0.4, 0.5) is 14.6 Å². The van der Waals surface area contributed by atoms with Crippen molar-refractivity contribution in [3.8, 4) is 11.4 Å². The predicted molar refractivity (Wildman–Crippen MR) is 96.2 cm³/mol. The van der Waals surface area contributed by atoms with Gasteiger partial charge in [0.05, 0.1) is 12.8 Å². The van der Waals surface area contributed by atoms with Crippen molar-refractivity contribution in [2.24, 2.45) is 0 Å². The summed E-state index contributed by atoms with van der Waals surface area (Å²) in [6.07, 6.45) is 1.83. The highest BCUT2D eigenvalue weighted by Crippen LogP contribution is 2.41. The Labute approximate surface area is 154 Å². The average Bonchev–Trinajstić information content (AvgIpc) is 3.05. The summed E-state index contributed by atoms with van der Waals surface area (Å²) in [6.45, 7) is 2.40. The molecule has 5 nitrogen and oxygen atoms in total. The first-order chi connectivity index (χ1) is 13.1. The summed E-state index contributed by atoms with van der Waals surface area (Å²) in [6, 6.07) is 10.8. The van der Waals surface area contributed by atoms with E-state index in [4.69, 9.17) is 4.74 Å². The van der Waals surface area contributed by atoms with Gasteiger partial charge in [0.1, 0.15) is 23.1 Å². The summed E-state index contributed by atoms with van der Waals surface area (Å²) in [5.41, 5.74) is 1.69. The molecule has 138 valence electrons. The highest BCUT2D eigenvalue weighted by Gasteiger charge is 2.32. The Morgan fingerprint density at radius 1 is 1.22 bits per heavy atom. The van der Waals surface area contributed by atoms with E-state index in [0.29, 0.717) is 18.2 Å². The fraction of sp³-hybridized carbons (Fsp3) is 0.200. The molecule has 0 saturated heterocycles. The molecule has 3 aromatic rings. The molecule has 0 spiro atoms. The number of carbonyl (C=O) groups is 1. The zero-order valence-corrected chi connectivity index (χ0v) is 14.6. The third kappa shape index (κ3) is 3.05. The molecule has 0 saturated carbocycles. The van der Waals surface area contributed by atoms with Gasteiger partial charge in [-0.25, -0.2) is 13.5 Å². The van der Waals surface area contributed by atoms with Crippen molar-refractivity contribution in [3.63, 3.8) is 0 Å². The maximum Gasteiger partial charge on any atom is 0.226 e. The maximum atomic E-state index is 14.2. The van der Waals surface area contributed by atoms with E-state index in [-0.39, 0.29) is 23.9 Å². The van der Waals surface area contributed by atoms with Crippen LogP contribution in [-0.2, 0) is 4.79 Å². The first-order valence-electron chi connectivity index (χ1n) is 8.63. The number of nitrogens with one attached hydrogen (secondary N) is 1. The lowest BCUT2D eigenvalue weighted by Crippen LogP contribution is -2.25. The van der Waals surface area contributed by atoms with Crippen molar-refractivity contribution in [2.75, 3.05) is 11.9 Å². The van der Waals surface area contributed by atoms with Gasteiger partial charge in [0.25, 0.3) is 0 Å². The summed E-state index contributed by atoms with van der Waals surface area (Å²) < 4.78 is 34.5. The van der Waals surface area contributed by atoms with Crippen molar-refractivity contribution >= 4 is 11.7 Å². The lowest BCUT2D eigenvalue weighted by Gasteiger charge is -2.25. The van der Waals surface area contributed by atoms with Gasteiger partial charge < -0.3 is 10.1 Å². The Bertz CT molecular complexity index is 1020. The van der Waals surface area contributed by atoms with Crippen LogP contribution >= 0.6 is 0 Å². The zero-order valence-electron chi connectivity index (χ0n) is 14.6. The van der Waals surface area contributed by atoms with Gasteiger partial charge in [-0.2, -0.15) is 5.10 Å². The lowest BCUT2D eigenvalue weighted by atomic mass is 9.87. The van der Waals surface area contributed by atoms with Gasteiger partial charge >= 0.3 is 0 Å². The number of halogens is 2. The highest BCUT2D eigenvalue weighted by atomic mass is 19.1. The number of nitrogens with zero attached hydrogens (tertiary/aromatic N) is 2. The van der Waals surface area contributed by atoms with Gasteiger partial charge in [0, 0.05) is 29.5 Å². The van der Waals surface area contributed by atoms with Crippen LogP contribution in [0.5, 0.6) is 5.75 Å². The Morgan fingerprint density at radius 2 is 2.04 bits per heavy atom. The predicted octanol–water partition coefficient (Wildman–Crippen LogP) is 4.02. The molecule has 2 heterocycles. The topological polar surface area (TPSA) is 56.1 Å². The van der Waals surface area contributed by atoms with E-state index < -0.39 is 11.6 Å². The molecule has 1 aliphatic heterocycles. The van der Waals surface area contributed by atoms with Gasteiger partial charge in [-0.05, 0) is 25.1 Å². The van der Waals surface area contributed by atoms with E-state index >= 15 is 0 Å². The van der Waals surface area contributed by atoms with Gasteiger partial charge in [-0.15, -0.1) is 0 Å². The molecule has 1 aliphatic rings. The molecule has 1 aromatic heterocycles. The fourth-order valence-corrected chi connectivity index (χ4v) is 3.39. The minimum absolute atomic E-state index is 0.0664. The molecule has 0 bridgehead atoms. The number of para-hydroxylation sites is 1. The Balaban J connectivity index is 1.83. The minimum atomic E-state index is -0.757. The first-order valence-corrected chi connectivity index (χ1v) is 8.63. The third-order valence-electron chi connectivity index (χ3n) is 4.55. The van der Waals surface area contributed by atoms with Gasteiger partial charge in [-0.1, -0.05) is 18.2 Å². The van der Waals surface area contributed by atoms with Crippen molar-refractivity contribution in [2.45, 2.75) is 19.3 Å². The SMILES string of the molecule is CCOc1ccccc1C1CC(=O)Nc2c1cnn2-c1ccc(F)cc1F. The molecular formula is C20H17F2N3O2. The van der Waals surface area contributed by atoms with Crippen LogP contribution in [0.2, 0.25) is 0 Å². The molecule has 7 heteroatoms. The molecule has 1 amide bonds. The van der Waals surface area contributed by atoms with Crippen LogP contribution in [0.15, 0.2) is 48.7 Å². The van der Waals surface area contributed by atoms with Crippen LogP contribution in [-0.4, -0.2) is 22.3 Å². The van der Waals surface area contributed by atoms with Gasteiger partial charge in [0.15, 0.2) is 5.82 Å². The third-order valence-corrected chi connectivity index (χ3v) is 4.55. The number of hydrogen-bond acceptors (Lipinski definition) is 3. The largest absolute Gasteiger partial charge is 0.494 e. The van der Waals surface area contributed by atoms with Crippen LogP contribution in [0.3, 0.4) is 0 Å². The van der Waals surface area contributed by atoms with E-state index in [9.17, 15) is 13.6 Å². The monoisotopic (exact) mass is 369 g/mol. The second-order valence-corrected chi connectivity index (χ2v) is 6.23. The summed E-state index contributed by atoms with van der Waals surface area (Å²) in [5, 5.41) is 7.00. The van der Waals surface area contributed by atoms with Crippen LogP contribution in [0, 0.1) is 11.6 Å². The number of aromatic nitrogens is 2. The van der Waals surface area contributed by atoms with Crippen molar-refractivity contribution < 1.29 is 18.3 Å². The molecule has 27 heavy (non-hydrogen) atoms. The van der Waals surface area contributed by atoms with E-state index in [1.54, 1.807) is 6.20 Å². The van der Waals surface area contributed by atoms with E-state index in [1.807, 2.05) is 31.2 Å². The van der Waals surface area contributed by atoms with E-state index in [0.717, 1.165) is 23.3 Å². The number of anilines is 1. The second kappa shape index (κ2) is 6.83. The molecule has 1 atom stereocenters. The molecule has 0 fully saturated rings. The molecule has 4 rings (SSSR count). The Hall–Kier alpha value is -3.22. The minimum Gasteiger partial charge on any atom is -0.494 e. The van der Waals surface area contributed by atoms with Crippen LogP contribution in [0.1, 0.15) is 30.4 Å². The Morgan fingerprint density at radius 3 is 2.81 bits per heavy atom. The van der Waals surface area contributed by atoms with Crippen molar-refractivity contribution in [1.29, 1.82) is 0 Å². The normalized spacial score (nSPS) is 16.0. The molecule has 0 aliphatic carbocycles. The second-order valence-electron chi connectivity index (χ2n) is 6.23. The average molecular weight is 369 g/mol. The van der Waals surface area contributed by atoms with E-state index in [1.165, 1.54) is 10.7 Å². The summed E-state index contributed by atoms with van der Waals surface area (Å²) in [7, 11) is 0. The molecule has 1 unspecified atom stereocenters. The van der Waals surface area contributed by atoms with Crippen molar-refractivity contribution in [1.82, 2.24) is 9.78 Å². The summed E-state index contributed by atoms with van der Waals surface area (Å²) in [4.78, 5) is 12.4. The molecule has 2 aromatic carbocycles. The smallest absolute Gasteiger partial charge is 0.226 e. The summed E-state index contributed by atoms with van der Waals surface area (Å²) >= 11 is 0. The van der Waals surface area contributed by atoms with E-state index in [2.05, 4.69) is 10.4 Å². The number of rotatable bonds is 4. The summed E-state index contributed by atoms with van der Waals surface area (Å²) in [5.74, 6) is -0.826. The fourth-order valence-electron chi connectivity index (χ4n) is 3.39. The molecular weight excluding hydrogens is 352 g/mol. The molecule has 1 N–H and O–H groups in total. The number of hydrogen-bond donors (Lipinski definition) is 1. The first kappa shape index (κ1) is 17.2. The number of benzene rings is 2. The zero-order chi connectivity index (χ0) is 19.0. The van der Waals surface area contributed by atoms with Gasteiger partial charge in [0.2, 0.25) is 5.91 Å². The van der Waals surface area contributed by atoms with Gasteiger partial charge in [-0.3, -0.25) is 4.79 Å². The Kier molecular flexibility index (Phi) is 4.35. The number of ether oxygens (including phenoxy) is 1. The number of carbonyl (C=O) groups excluding carboxylic acids is 1. The quantitative estimate of drug-likeness (QED) is 0.756. The van der Waals surface area contributed by atoms with Crippen molar-refractivity contribution in [3.05, 3.63) is 71.4 Å².